The number of hydrogen-bond acceptors (Lipinski definition) is 4. The minimum atomic E-state index is -0.206. The summed E-state index contributed by atoms with van der Waals surface area (Å²) in [6.07, 6.45) is 2.90. The molecule has 2 fully saturated rings. The van der Waals surface area contributed by atoms with Gasteiger partial charge in [0.25, 0.3) is 0 Å². The highest BCUT2D eigenvalue weighted by Gasteiger charge is 2.36. The van der Waals surface area contributed by atoms with E-state index < -0.39 is 0 Å². The van der Waals surface area contributed by atoms with Crippen molar-refractivity contribution < 1.29 is 19.1 Å². The molecule has 1 aromatic carbocycles. The van der Waals surface area contributed by atoms with Gasteiger partial charge in [0.1, 0.15) is 0 Å². The Bertz CT molecular complexity index is 634. The van der Waals surface area contributed by atoms with Gasteiger partial charge in [-0.3, -0.25) is 4.79 Å². The molecule has 2 N–H and O–H groups in total. The fourth-order valence-electron chi connectivity index (χ4n) is 4.03. The second-order valence-electron chi connectivity index (χ2n) is 7.46. The van der Waals surface area contributed by atoms with Crippen LogP contribution in [0.3, 0.4) is 0 Å². The molecule has 3 rings (SSSR count). The number of benzene rings is 1. The van der Waals surface area contributed by atoms with Gasteiger partial charge in [-0.15, -0.1) is 0 Å². The van der Waals surface area contributed by atoms with Crippen LogP contribution in [0.15, 0.2) is 30.3 Å². The normalized spacial score (nSPS) is 25.2. The highest BCUT2D eigenvalue weighted by Crippen LogP contribution is 2.28. The summed E-state index contributed by atoms with van der Waals surface area (Å²) < 4.78 is 10.9. The summed E-state index contributed by atoms with van der Waals surface area (Å²) in [4.78, 5) is 27.0. The van der Waals surface area contributed by atoms with Crippen molar-refractivity contribution in [2.24, 2.45) is 5.92 Å². The summed E-state index contributed by atoms with van der Waals surface area (Å²) in [6, 6.07) is 9.69. The lowest BCUT2D eigenvalue weighted by Crippen LogP contribution is -2.53. The zero-order valence-corrected chi connectivity index (χ0v) is 16.6. The van der Waals surface area contributed by atoms with Crippen LogP contribution in [0.5, 0.6) is 0 Å². The summed E-state index contributed by atoms with van der Waals surface area (Å²) in [5.41, 5.74) is 1.19. The predicted octanol–water partition coefficient (Wildman–Crippen LogP) is 1.57. The van der Waals surface area contributed by atoms with Crippen molar-refractivity contribution in [3.05, 3.63) is 35.9 Å². The van der Waals surface area contributed by atoms with E-state index in [1.165, 1.54) is 5.56 Å². The number of carbonyl (C=O) groups excluding carboxylic acids is 2. The third-order valence-corrected chi connectivity index (χ3v) is 5.62. The van der Waals surface area contributed by atoms with Gasteiger partial charge in [0.15, 0.2) is 0 Å². The van der Waals surface area contributed by atoms with Crippen LogP contribution in [0.4, 0.5) is 4.79 Å². The highest BCUT2D eigenvalue weighted by atomic mass is 16.5. The van der Waals surface area contributed by atoms with Gasteiger partial charge in [-0.2, -0.15) is 0 Å². The molecule has 0 unspecified atom stereocenters. The Hall–Kier alpha value is -2.12. The SMILES string of the molecule is CO[C@@H]1CC[C@H](C(=O)N2CCOCC2)C[C@H]1NC(=O)NCCc1ccccc1. The first-order chi connectivity index (χ1) is 13.7. The van der Waals surface area contributed by atoms with E-state index >= 15 is 0 Å². The second kappa shape index (κ2) is 10.4. The molecule has 7 heteroatoms. The molecular formula is C21H31N3O4. The first-order valence-electron chi connectivity index (χ1n) is 10.1. The third-order valence-electron chi connectivity index (χ3n) is 5.62. The van der Waals surface area contributed by atoms with E-state index in [4.69, 9.17) is 9.47 Å². The average molecular weight is 389 g/mol. The fraction of sp³-hybridized carbons (Fsp3) is 0.619. The lowest BCUT2D eigenvalue weighted by atomic mass is 9.82. The maximum atomic E-state index is 12.8. The van der Waals surface area contributed by atoms with E-state index in [1.807, 2.05) is 35.2 Å². The molecule has 1 aliphatic heterocycles. The van der Waals surface area contributed by atoms with Gasteiger partial charge in [0.05, 0.1) is 25.4 Å². The van der Waals surface area contributed by atoms with Crippen LogP contribution < -0.4 is 10.6 Å². The molecule has 3 atom stereocenters. The molecule has 0 spiro atoms. The molecule has 3 amide bonds. The predicted molar refractivity (Wildman–Crippen MR) is 106 cm³/mol. The van der Waals surface area contributed by atoms with Gasteiger partial charge < -0.3 is 25.0 Å². The molecule has 154 valence electrons. The van der Waals surface area contributed by atoms with E-state index in [-0.39, 0.29) is 30.0 Å². The van der Waals surface area contributed by atoms with Crippen molar-refractivity contribution in [1.82, 2.24) is 15.5 Å². The third kappa shape index (κ3) is 5.69. The zero-order chi connectivity index (χ0) is 19.8. The molecule has 1 aromatic rings. The number of hydrogen-bond donors (Lipinski definition) is 2. The van der Waals surface area contributed by atoms with Crippen LogP contribution >= 0.6 is 0 Å². The number of nitrogens with one attached hydrogen (secondary N) is 2. The first-order valence-corrected chi connectivity index (χ1v) is 10.1. The molecule has 0 bridgehead atoms. The number of urea groups is 1. The number of morpholine rings is 1. The van der Waals surface area contributed by atoms with Crippen molar-refractivity contribution >= 4 is 11.9 Å². The summed E-state index contributed by atoms with van der Waals surface area (Å²) in [5, 5.41) is 5.94. The summed E-state index contributed by atoms with van der Waals surface area (Å²) in [7, 11) is 1.66. The second-order valence-corrected chi connectivity index (χ2v) is 7.46. The van der Waals surface area contributed by atoms with E-state index in [0.29, 0.717) is 39.3 Å². The molecule has 0 aromatic heterocycles. The molecule has 7 nitrogen and oxygen atoms in total. The number of nitrogens with zero attached hydrogens (tertiary/aromatic N) is 1. The molecule has 1 saturated carbocycles. The Labute approximate surface area is 166 Å². The molecule has 1 heterocycles. The monoisotopic (exact) mass is 389 g/mol. The van der Waals surface area contributed by atoms with Gasteiger partial charge in [-0.05, 0) is 31.2 Å². The summed E-state index contributed by atoms with van der Waals surface area (Å²) in [5.74, 6) is 0.105. The van der Waals surface area contributed by atoms with Crippen molar-refractivity contribution in [1.29, 1.82) is 0 Å². The van der Waals surface area contributed by atoms with Gasteiger partial charge in [0, 0.05) is 32.7 Å². The molecule has 2 aliphatic rings. The quantitative estimate of drug-likeness (QED) is 0.774. The summed E-state index contributed by atoms with van der Waals surface area (Å²) >= 11 is 0. The summed E-state index contributed by atoms with van der Waals surface area (Å²) in [6.45, 7) is 3.08. The molecule has 1 saturated heterocycles. The molecular weight excluding hydrogens is 358 g/mol. The van der Waals surface area contributed by atoms with Crippen LogP contribution in [-0.4, -0.2) is 68.9 Å². The maximum Gasteiger partial charge on any atom is 0.315 e. The van der Waals surface area contributed by atoms with Gasteiger partial charge >= 0.3 is 6.03 Å². The van der Waals surface area contributed by atoms with Crippen LogP contribution in [0.1, 0.15) is 24.8 Å². The molecule has 0 radical (unpaired) electrons. The van der Waals surface area contributed by atoms with Crippen molar-refractivity contribution in [3.8, 4) is 0 Å². The van der Waals surface area contributed by atoms with Crippen LogP contribution in [-0.2, 0) is 20.7 Å². The first kappa shape index (κ1) is 20.6. The fourth-order valence-corrected chi connectivity index (χ4v) is 4.03. The largest absolute Gasteiger partial charge is 0.379 e. The molecule has 1 aliphatic carbocycles. The smallest absolute Gasteiger partial charge is 0.315 e. The number of carbonyl (C=O) groups is 2. The zero-order valence-electron chi connectivity index (χ0n) is 16.6. The Morgan fingerprint density at radius 2 is 1.93 bits per heavy atom. The lowest BCUT2D eigenvalue weighted by molar-refractivity contribution is -0.142. The van der Waals surface area contributed by atoms with Crippen molar-refractivity contribution in [2.45, 2.75) is 37.8 Å². The van der Waals surface area contributed by atoms with E-state index in [9.17, 15) is 9.59 Å². The van der Waals surface area contributed by atoms with E-state index in [2.05, 4.69) is 10.6 Å². The van der Waals surface area contributed by atoms with E-state index in [0.717, 1.165) is 19.3 Å². The Kier molecular flexibility index (Phi) is 7.68. The van der Waals surface area contributed by atoms with Crippen molar-refractivity contribution in [3.63, 3.8) is 0 Å². The van der Waals surface area contributed by atoms with Crippen LogP contribution in [0, 0.1) is 5.92 Å². The maximum absolute atomic E-state index is 12.8. The highest BCUT2D eigenvalue weighted by molar-refractivity contribution is 5.79. The van der Waals surface area contributed by atoms with Crippen LogP contribution in [0.25, 0.3) is 0 Å². The molecule has 28 heavy (non-hydrogen) atoms. The lowest BCUT2D eigenvalue weighted by Gasteiger charge is -2.38. The minimum Gasteiger partial charge on any atom is -0.379 e. The van der Waals surface area contributed by atoms with Crippen LogP contribution in [0.2, 0.25) is 0 Å². The standard InChI is InChI=1S/C21H31N3O4/c1-27-19-8-7-17(20(25)24-11-13-28-14-12-24)15-18(19)23-21(26)22-10-9-16-5-3-2-4-6-16/h2-6,17-19H,7-15H2,1H3,(H2,22,23,26)/t17-,18+,19+/m0/s1. The Morgan fingerprint density at radius 3 is 2.64 bits per heavy atom. The number of ether oxygens (including phenoxy) is 2. The van der Waals surface area contributed by atoms with Crippen molar-refractivity contribution in [2.75, 3.05) is 40.0 Å². The Morgan fingerprint density at radius 1 is 1.18 bits per heavy atom. The van der Waals surface area contributed by atoms with E-state index in [1.54, 1.807) is 7.11 Å². The topological polar surface area (TPSA) is 79.9 Å². The Balaban J connectivity index is 1.48. The minimum absolute atomic E-state index is 0.0615. The number of amides is 3. The van der Waals surface area contributed by atoms with Gasteiger partial charge in [-0.1, -0.05) is 30.3 Å². The average Bonchev–Trinajstić information content (AvgIpc) is 2.74. The van der Waals surface area contributed by atoms with Gasteiger partial charge in [-0.25, -0.2) is 4.79 Å². The van der Waals surface area contributed by atoms with Gasteiger partial charge in [0.2, 0.25) is 5.91 Å². The number of methoxy groups -OCH3 is 1. The number of rotatable bonds is 6.